The van der Waals surface area contributed by atoms with Crippen molar-refractivity contribution in [3.05, 3.63) is 0 Å². The van der Waals surface area contributed by atoms with Gasteiger partial charge in [-0.1, -0.05) is 13.8 Å². The predicted octanol–water partition coefficient (Wildman–Crippen LogP) is 1.12. The monoisotopic (exact) mass is 143 g/mol. The lowest BCUT2D eigenvalue weighted by atomic mass is 10.2. The van der Waals surface area contributed by atoms with Crippen LogP contribution in [0.25, 0.3) is 0 Å². The molecule has 2 fully saturated rings. The van der Waals surface area contributed by atoms with E-state index in [-0.39, 0.29) is 0 Å². The molecule has 2 aliphatic heterocycles. The Kier molecular flexibility index (Phi) is 2.69. The molecule has 2 heterocycles. The second-order valence-electron chi connectivity index (χ2n) is 2.78. The summed E-state index contributed by atoms with van der Waals surface area (Å²) in [5.74, 6) is 0. The smallest absolute Gasteiger partial charge is 0.0718 e. The zero-order valence-corrected chi connectivity index (χ0v) is 7.13. The van der Waals surface area contributed by atoms with Gasteiger partial charge in [0.25, 0.3) is 0 Å². The Bertz CT molecular complexity index is 103. The molecule has 10 heavy (non-hydrogen) atoms. The van der Waals surface area contributed by atoms with Gasteiger partial charge in [0, 0.05) is 12.6 Å². The first kappa shape index (κ1) is 8.02. The summed E-state index contributed by atoms with van der Waals surface area (Å²) in [5.41, 5.74) is 0. The average molecular weight is 143 g/mol. The zero-order valence-electron chi connectivity index (χ0n) is 7.13. The first-order chi connectivity index (χ1) is 4.86. The van der Waals surface area contributed by atoms with E-state index in [4.69, 9.17) is 4.74 Å². The topological polar surface area (TPSA) is 12.5 Å². The maximum absolute atomic E-state index is 5.38. The first-order valence-corrected chi connectivity index (χ1v) is 4.18. The lowest BCUT2D eigenvalue weighted by molar-refractivity contribution is 0.0416. The van der Waals surface area contributed by atoms with Crippen LogP contribution in [0.15, 0.2) is 0 Å². The second kappa shape index (κ2) is 3.35. The van der Waals surface area contributed by atoms with Crippen LogP contribution in [0.3, 0.4) is 0 Å². The van der Waals surface area contributed by atoms with Gasteiger partial charge in [-0.05, 0) is 13.5 Å². The summed E-state index contributed by atoms with van der Waals surface area (Å²) in [6, 6.07) is 0.750. The van der Waals surface area contributed by atoms with Crippen LogP contribution >= 0.6 is 0 Å². The summed E-state index contributed by atoms with van der Waals surface area (Å²) < 4.78 is 5.38. The minimum Gasteiger partial charge on any atom is -0.375 e. The molecule has 0 aromatic carbocycles. The van der Waals surface area contributed by atoms with E-state index < -0.39 is 0 Å². The maximum atomic E-state index is 5.38. The van der Waals surface area contributed by atoms with Gasteiger partial charge in [-0.3, -0.25) is 4.90 Å². The van der Waals surface area contributed by atoms with Crippen molar-refractivity contribution in [3.8, 4) is 0 Å². The highest BCUT2D eigenvalue weighted by Gasteiger charge is 2.36. The number of hydrogen-bond donors (Lipinski definition) is 0. The Balaban J connectivity index is 0.000000231. The molecule has 0 spiro atoms. The fourth-order valence-electron chi connectivity index (χ4n) is 1.59. The SMILES string of the molecule is CC.CN1CC2C[C@@H]1CO2. The van der Waals surface area contributed by atoms with Crippen LogP contribution in [0.4, 0.5) is 0 Å². The lowest BCUT2D eigenvalue weighted by Gasteiger charge is -2.21. The fourth-order valence-corrected chi connectivity index (χ4v) is 1.59. The Morgan fingerprint density at radius 1 is 1.40 bits per heavy atom. The van der Waals surface area contributed by atoms with Crippen molar-refractivity contribution in [3.63, 3.8) is 0 Å². The summed E-state index contributed by atoms with van der Waals surface area (Å²) in [7, 11) is 2.17. The summed E-state index contributed by atoms with van der Waals surface area (Å²) in [6.45, 7) is 6.13. The molecule has 2 aliphatic rings. The Labute approximate surface area is 63.2 Å². The van der Waals surface area contributed by atoms with Crippen molar-refractivity contribution >= 4 is 0 Å². The molecule has 0 aliphatic carbocycles. The van der Waals surface area contributed by atoms with Crippen molar-refractivity contribution < 1.29 is 4.74 Å². The van der Waals surface area contributed by atoms with Crippen LogP contribution in [0.1, 0.15) is 20.3 Å². The molecular weight excluding hydrogens is 126 g/mol. The average Bonchev–Trinajstić information content (AvgIpc) is 2.52. The van der Waals surface area contributed by atoms with Crippen LogP contribution in [-0.2, 0) is 4.74 Å². The molecule has 0 amide bonds. The van der Waals surface area contributed by atoms with Crippen molar-refractivity contribution in [2.75, 3.05) is 20.2 Å². The normalized spacial score (nSPS) is 37.5. The molecule has 2 bridgehead atoms. The Morgan fingerprint density at radius 2 is 2.10 bits per heavy atom. The number of nitrogens with zero attached hydrogens (tertiary/aromatic N) is 1. The van der Waals surface area contributed by atoms with Crippen molar-refractivity contribution in [1.29, 1.82) is 0 Å². The molecule has 2 nitrogen and oxygen atoms in total. The summed E-state index contributed by atoms with van der Waals surface area (Å²) in [5, 5.41) is 0. The summed E-state index contributed by atoms with van der Waals surface area (Å²) in [6.07, 6.45) is 1.85. The molecule has 0 aromatic heterocycles. The number of morpholine rings is 1. The summed E-state index contributed by atoms with van der Waals surface area (Å²) >= 11 is 0. The van der Waals surface area contributed by atoms with Crippen LogP contribution in [-0.4, -0.2) is 37.2 Å². The van der Waals surface area contributed by atoms with Crippen LogP contribution in [0, 0.1) is 0 Å². The zero-order chi connectivity index (χ0) is 7.56. The number of hydrogen-bond acceptors (Lipinski definition) is 2. The second-order valence-corrected chi connectivity index (χ2v) is 2.78. The summed E-state index contributed by atoms with van der Waals surface area (Å²) in [4.78, 5) is 2.38. The quantitative estimate of drug-likeness (QED) is 0.504. The number of likely N-dealkylation sites (N-methyl/N-ethyl adjacent to an activating group) is 1. The molecule has 2 heteroatoms. The highest BCUT2D eigenvalue weighted by molar-refractivity contribution is 4.89. The molecule has 0 saturated carbocycles. The Hall–Kier alpha value is -0.0800. The van der Waals surface area contributed by atoms with Gasteiger partial charge in [0.15, 0.2) is 0 Å². The highest BCUT2D eigenvalue weighted by Crippen LogP contribution is 2.25. The highest BCUT2D eigenvalue weighted by atomic mass is 16.5. The van der Waals surface area contributed by atoms with Crippen molar-refractivity contribution in [2.45, 2.75) is 32.4 Å². The van der Waals surface area contributed by atoms with Gasteiger partial charge >= 0.3 is 0 Å². The van der Waals surface area contributed by atoms with E-state index in [2.05, 4.69) is 11.9 Å². The molecule has 2 rings (SSSR count). The third-order valence-electron chi connectivity index (χ3n) is 2.17. The van der Waals surface area contributed by atoms with Gasteiger partial charge in [0.1, 0.15) is 0 Å². The molecule has 1 unspecified atom stereocenters. The molecule has 2 saturated heterocycles. The van der Waals surface area contributed by atoms with E-state index in [1.165, 1.54) is 6.42 Å². The largest absolute Gasteiger partial charge is 0.375 e. The molecule has 60 valence electrons. The number of fused-ring (bicyclic) bond motifs is 2. The van der Waals surface area contributed by atoms with Gasteiger partial charge in [0.2, 0.25) is 0 Å². The minimum absolute atomic E-state index is 0.574. The number of likely N-dealkylation sites (tertiary alicyclic amines) is 1. The number of rotatable bonds is 0. The van der Waals surface area contributed by atoms with Crippen LogP contribution in [0.5, 0.6) is 0 Å². The maximum Gasteiger partial charge on any atom is 0.0718 e. The van der Waals surface area contributed by atoms with E-state index in [0.29, 0.717) is 6.10 Å². The fraction of sp³-hybridized carbons (Fsp3) is 1.00. The van der Waals surface area contributed by atoms with Crippen molar-refractivity contribution in [2.24, 2.45) is 0 Å². The lowest BCUT2D eigenvalue weighted by Crippen LogP contribution is -2.33. The molecule has 0 N–H and O–H groups in total. The predicted molar refractivity (Wildman–Crippen MR) is 42.1 cm³/mol. The molecule has 0 aromatic rings. The van der Waals surface area contributed by atoms with Crippen molar-refractivity contribution in [1.82, 2.24) is 4.90 Å². The molecule has 0 radical (unpaired) electrons. The third-order valence-corrected chi connectivity index (χ3v) is 2.17. The van der Waals surface area contributed by atoms with Crippen LogP contribution < -0.4 is 0 Å². The van der Waals surface area contributed by atoms with Gasteiger partial charge < -0.3 is 4.74 Å². The molecular formula is C8H17NO. The van der Waals surface area contributed by atoms with Gasteiger partial charge in [-0.25, -0.2) is 0 Å². The van der Waals surface area contributed by atoms with Gasteiger partial charge in [-0.15, -0.1) is 0 Å². The number of ether oxygens (including phenoxy) is 1. The van der Waals surface area contributed by atoms with E-state index in [0.717, 1.165) is 19.2 Å². The first-order valence-electron chi connectivity index (χ1n) is 4.18. The van der Waals surface area contributed by atoms with Crippen LogP contribution in [0.2, 0.25) is 0 Å². The Morgan fingerprint density at radius 3 is 2.30 bits per heavy atom. The minimum atomic E-state index is 0.574. The third kappa shape index (κ3) is 1.32. The van der Waals surface area contributed by atoms with E-state index in [1.807, 2.05) is 13.8 Å². The van der Waals surface area contributed by atoms with Gasteiger partial charge in [0.05, 0.1) is 12.7 Å². The standard InChI is InChI=1S/C6H11NO.C2H6/c1-7-3-6-2-5(7)4-8-6;1-2/h5-6H,2-4H2,1H3;1-2H3/t5-,6?;/m1./s1. The van der Waals surface area contributed by atoms with E-state index in [9.17, 15) is 0 Å². The molecule has 2 atom stereocenters. The van der Waals surface area contributed by atoms with Gasteiger partial charge in [-0.2, -0.15) is 0 Å². The van der Waals surface area contributed by atoms with E-state index >= 15 is 0 Å². The van der Waals surface area contributed by atoms with E-state index in [1.54, 1.807) is 0 Å².